The van der Waals surface area contributed by atoms with Crippen molar-refractivity contribution < 1.29 is 18.0 Å². The Morgan fingerprint density at radius 1 is 1.16 bits per heavy atom. The monoisotopic (exact) mass is 364 g/mol. The molecule has 1 N–H and O–H groups in total. The number of nitrogens with one attached hydrogen (secondary N) is 1. The van der Waals surface area contributed by atoms with Gasteiger partial charge in [0.15, 0.2) is 5.13 Å². The van der Waals surface area contributed by atoms with Crippen LogP contribution in [-0.4, -0.2) is 20.7 Å². The molecule has 0 aliphatic carbocycles. The number of ketones is 1. The fourth-order valence-electron chi connectivity index (χ4n) is 2.03. The smallest absolute Gasteiger partial charge is 0.356 e. The van der Waals surface area contributed by atoms with Gasteiger partial charge in [0.05, 0.1) is 35.1 Å². The Labute approximate surface area is 144 Å². The summed E-state index contributed by atoms with van der Waals surface area (Å²) < 4.78 is 38.3. The molecule has 0 unspecified atom stereocenters. The third kappa shape index (κ3) is 4.18. The highest BCUT2D eigenvalue weighted by Gasteiger charge is 2.31. The van der Waals surface area contributed by atoms with Crippen LogP contribution in [0.2, 0.25) is 0 Å². The first-order chi connectivity index (χ1) is 11.9. The standard InChI is InChI=1S/C16H11F3N4OS/c17-16(18,19)11-3-1-2-10(6-11)14(24)13-9-23-15(25-13)22-8-12-7-20-4-5-21-12/h1-7,9H,8H2,(H,22,23). The first kappa shape index (κ1) is 17.0. The van der Waals surface area contributed by atoms with Gasteiger partial charge in [-0.25, -0.2) is 4.98 Å². The molecule has 0 amide bonds. The molecule has 0 fully saturated rings. The number of hydrogen-bond donors (Lipinski definition) is 1. The molecule has 25 heavy (non-hydrogen) atoms. The Morgan fingerprint density at radius 2 is 2.00 bits per heavy atom. The summed E-state index contributed by atoms with van der Waals surface area (Å²) in [4.78, 5) is 24.7. The van der Waals surface area contributed by atoms with Gasteiger partial charge in [-0.15, -0.1) is 0 Å². The number of benzene rings is 1. The van der Waals surface area contributed by atoms with Gasteiger partial charge in [-0.3, -0.25) is 14.8 Å². The maximum Gasteiger partial charge on any atom is 0.416 e. The molecule has 128 valence electrons. The fraction of sp³-hybridized carbons (Fsp3) is 0.125. The molecule has 0 radical (unpaired) electrons. The van der Waals surface area contributed by atoms with Crippen molar-refractivity contribution in [1.82, 2.24) is 15.0 Å². The Hall–Kier alpha value is -2.81. The highest BCUT2D eigenvalue weighted by atomic mass is 32.1. The summed E-state index contributed by atoms with van der Waals surface area (Å²) in [6.07, 6.45) is 1.55. The van der Waals surface area contributed by atoms with E-state index in [2.05, 4.69) is 20.3 Å². The molecule has 3 aromatic rings. The summed E-state index contributed by atoms with van der Waals surface area (Å²) >= 11 is 1.07. The summed E-state index contributed by atoms with van der Waals surface area (Å²) in [7, 11) is 0. The van der Waals surface area contributed by atoms with Crippen molar-refractivity contribution in [3.63, 3.8) is 0 Å². The maximum absolute atomic E-state index is 12.8. The largest absolute Gasteiger partial charge is 0.416 e. The van der Waals surface area contributed by atoms with Gasteiger partial charge < -0.3 is 5.32 Å². The van der Waals surface area contributed by atoms with Gasteiger partial charge in [-0.1, -0.05) is 23.5 Å². The number of nitrogens with zero attached hydrogens (tertiary/aromatic N) is 3. The summed E-state index contributed by atoms with van der Waals surface area (Å²) in [5.74, 6) is -0.504. The van der Waals surface area contributed by atoms with Crippen molar-refractivity contribution in [3.8, 4) is 0 Å². The lowest BCUT2D eigenvalue weighted by molar-refractivity contribution is -0.137. The van der Waals surface area contributed by atoms with Crippen LogP contribution in [0.5, 0.6) is 0 Å². The third-order valence-corrected chi connectivity index (χ3v) is 4.17. The molecular formula is C16H11F3N4OS. The Kier molecular flexibility index (Phi) is 4.75. The predicted molar refractivity (Wildman–Crippen MR) is 86.3 cm³/mol. The SMILES string of the molecule is O=C(c1cccc(C(F)(F)F)c1)c1cnc(NCc2cnccn2)s1. The first-order valence-electron chi connectivity index (χ1n) is 7.10. The Balaban J connectivity index is 1.72. The van der Waals surface area contributed by atoms with Gasteiger partial charge in [-0.2, -0.15) is 13.2 Å². The predicted octanol–water partition coefficient (Wildman–Crippen LogP) is 3.80. The second-order valence-corrected chi connectivity index (χ2v) is 6.02. The molecule has 0 saturated heterocycles. The Morgan fingerprint density at radius 3 is 2.72 bits per heavy atom. The van der Waals surface area contributed by atoms with Crippen molar-refractivity contribution >= 4 is 22.3 Å². The second-order valence-electron chi connectivity index (χ2n) is 4.99. The zero-order valence-corrected chi connectivity index (χ0v) is 13.4. The minimum Gasteiger partial charge on any atom is -0.356 e. The average Bonchev–Trinajstić information content (AvgIpc) is 3.08. The number of rotatable bonds is 5. The molecule has 5 nitrogen and oxygen atoms in total. The van der Waals surface area contributed by atoms with Crippen LogP contribution in [0.1, 0.15) is 26.5 Å². The van der Waals surface area contributed by atoms with Crippen molar-refractivity contribution in [1.29, 1.82) is 0 Å². The molecule has 0 spiro atoms. The molecule has 0 aliphatic rings. The molecule has 0 bridgehead atoms. The minimum absolute atomic E-state index is 0.0287. The number of halogens is 3. The molecule has 3 rings (SSSR count). The minimum atomic E-state index is -4.49. The van der Waals surface area contributed by atoms with Gasteiger partial charge >= 0.3 is 6.18 Å². The lowest BCUT2D eigenvalue weighted by atomic mass is 10.1. The molecular weight excluding hydrogens is 353 g/mol. The molecule has 0 atom stereocenters. The molecule has 1 aromatic carbocycles. The van der Waals surface area contributed by atoms with Gasteiger partial charge in [0.1, 0.15) is 0 Å². The van der Waals surface area contributed by atoms with Crippen LogP contribution in [0, 0.1) is 0 Å². The Bertz CT molecular complexity index is 880. The van der Waals surface area contributed by atoms with Gasteiger partial charge in [0, 0.05) is 18.0 Å². The van der Waals surface area contributed by atoms with Crippen LogP contribution in [0.15, 0.2) is 49.1 Å². The zero-order chi connectivity index (χ0) is 17.9. The van der Waals surface area contributed by atoms with Crippen molar-refractivity contribution in [2.24, 2.45) is 0 Å². The van der Waals surface area contributed by atoms with Crippen LogP contribution in [0.4, 0.5) is 18.3 Å². The summed E-state index contributed by atoms with van der Waals surface area (Å²) in [5, 5.41) is 3.47. The molecule has 0 saturated carbocycles. The van der Waals surface area contributed by atoms with E-state index in [1.165, 1.54) is 18.3 Å². The molecule has 9 heteroatoms. The number of anilines is 1. The van der Waals surface area contributed by atoms with E-state index in [-0.39, 0.29) is 10.4 Å². The van der Waals surface area contributed by atoms with Crippen molar-refractivity contribution in [3.05, 3.63) is 70.8 Å². The van der Waals surface area contributed by atoms with Gasteiger partial charge in [-0.05, 0) is 12.1 Å². The van der Waals surface area contributed by atoms with Crippen LogP contribution >= 0.6 is 11.3 Å². The van der Waals surface area contributed by atoms with Crippen molar-refractivity contribution in [2.75, 3.05) is 5.32 Å². The zero-order valence-electron chi connectivity index (χ0n) is 12.6. The van der Waals surface area contributed by atoms with E-state index in [9.17, 15) is 18.0 Å². The van der Waals surface area contributed by atoms with Crippen LogP contribution in [0.25, 0.3) is 0 Å². The summed E-state index contributed by atoms with van der Waals surface area (Å²) in [6, 6.07) is 4.33. The van der Waals surface area contributed by atoms with E-state index in [4.69, 9.17) is 0 Å². The first-order valence-corrected chi connectivity index (χ1v) is 7.91. The number of carbonyl (C=O) groups excluding carboxylic acids is 1. The normalized spacial score (nSPS) is 11.3. The van der Waals surface area contributed by atoms with Crippen molar-refractivity contribution in [2.45, 2.75) is 12.7 Å². The van der Waals surface area contributed by atoms with Crippen LogP contribution in [0.3, 0.4) is 0 Å². The molecule has 2 aromatic heterocycles. The molecule has 2 heterocycles. The van der Waals surface area contributed by atoms with Gasteiger partial charge in [0.25, 0.3) is 0 Å². The van der Waals surface area contributed by atoms with E-state index in [0.717, 1.165) is 23.5 Å². The quantitative estimate of drug-likeness (QED) is 0.698. The van der Waals surface area contributed by atoms with E-state index in [0.29, 0.717) is 17.4 Å². The van der Waals surface area contributed by atoms with E-state index < -0.39 is 17.5 Å². The molecule has 0 aliphatic heterocycles. The number of thiazole rings is 1. The average molecular weight is 364 g/mol. The summed E-state index contributed by atoms with van der Waals surface area (Å²) in [5.41, 5.74) is -0.189. The highest BCUT2D eigenvalue weighted by molar-refractivity contribution is 7.17. The number of carbonyl (C=O) groups is 1. The second kappa shape index (κ2) is 6.98. The number of alkyl halides is 3. The van der Waals surface area contributed by atoms with E-state index in [1.807, 2.05) is 0 Å². The fourth-order valence-corrected chi connectivity index (χ4v) is 2.80. The number of aromatic nitrogens is 3. The van der Waals surface area contributed by atoms with Crippen LogP contribution in [-0.2, 0) is 12.7 Å². The number of hydrogen-bond acceptors (Lipinski definition) is 6. The lowest BCUT2D eigenvalue weighted by Gasteiger charge is -2.07. The third-order valence-electron chi connectivity index (χ3n) is 3.22. The van der Waals surface area contributed by atoms with E-state index in [1.54, 1.807) is 18.6 Å². The van der Waals surface area contributed by atoms with Crippen LogP contribution < -0.4 is 5.32 Å². The highest BCUT2D eigenvalue weighted by Crippen LogP contribution is 2.30. The summed E-state index contributed by atoms with van der Waals surface area (Å²) in [6.45, 7) is 0.374. The van der Waals surface area contributed by atoms with Gasteiger partial charge in [0.2, 0.25) is 5.78 Å². The maximum atomic E-state index is 12.8. The topological polar surface area (TPSA) is 67.8 Å². The lowest BCUT2D eigenvalue weighted by Crippen LogP contribution is -2.07. The van der Waals surface area contributed by atoms with E-state index >= 15 is 0 Å².